The van der Waals surface area contributed by atoms with Crippen molar-refractivity contribution in [2.24, 2.45) is 0 Å². The number of methoxy groups -OCH3 is 1. The fourth-order valence-corrected chi connectivity index (χ4v) is 5.13. The Morgan fingerprint density at radius 3 is 2.81 bits per heavy atom. The van der Waals surface area contributed by atoms with Crippen LogP contribution < -0.4 is 10.1 Å². The molecule has 1 aliphatic rings. The summed E-state index contributed by atoms with van der Waals surface area (Å²) in [4.78, 5) is 0.264. The van der Waals surface area contributed by atoms with Gasteiger partial charge in [-0.15, -0.1) is 12.4 Å². The van der Waals surface area contributed by atoms with E-state index in [2.05, 4.69) is 21.2 Å². The highest BCUT2D eigenvalue weighted by molar-refractivity contribution is 9.10. The number of rotatable bonds is 5. The Kier molecular flexibility index (Phi) is 6.93. The van der Waals surface area contributed by atoms with Crippen LogP contribution in [0, 0.1) is 0 Å². The molecule has 1 fully saturated rings. The minimum atomic E-state index is -3.51. The molecule has 0 amide bonds. The molecule has 0 radical (unpaired) electrons. The molecular formula is C13H20BrClN2O3S. The molecule has 120 valence electrons. The first-order chi connectivity index (χ1) is 9.50. The van der Waals surface area contributed by atoms with Crippen LogP contribution in [0.4, 0.5) is 0 Å². The van der Waals surface area contributed by atoms with E-state index in [1.165, 1.54) is 7.11 Å². The van der Waals surface area contributed by atoms with Crippen LogP contribution in [-0.2, 0) is 10.0 Å². The molecule has 1 aromatic carbocycles. The van der Waals surface area contributed by atoms with E-state index in [4.69, 9.17) is 4.74 Å². The van der Waals surface area contributed by atoms with Gasteiger partial charge in [0.25, 0.3) is 0 Å². The lowest BCUT2D eigenvalue weighted by atomic mass is 10.2. The van der Waals surface area contributed by atoms with Crippen LogP contribution in [0.2, 0.25) is 0 Å². The predicted octanol–water partition coefficient (Wildman–Crippen LogP) is 2.25. The van der Waals surface area contributed by atoms with Crippen molar-refractivity contribution in [2.45, 2.75) is 23.8 Å². The molecule has 0 aliphatic carbocycles. The fourth-order valence-electron chi connectivity index (χ4n) is 2.50. The first-order valence-corrected chi connectivity index (χ1v) is 8.74. The van der Waals surface area contributed by atoms with Crippen LogP contribution in [0.3, 0.4) is 0 Å². The number of nitrogens with one attached hydrogen (secondary N) is 1. The van der Waals surface area contributed by atoms with Crippen LogP contribution >= 0.6 is 28.3 Å². The van der Waals surface area contributed by atoms with E-state index in [1.807, 2.05) is 7.05 Å². The first kappa shape index (κ1) is 18.7. The molecule has 0 saturated carbocycles. The highest BCUT2D eigenvalue weighted by Gasteiger charge is 2.36. The lowest BCUT2D eigenvalue weighted by Crippen LogP contribution is -2.40. The van der Waals surface area contributed by atoms with Crippen molar-refractivity contribution >= 4 is 38.4 Å². The number of sulfonamides is 1. The van der Waals surface area contributed by atoms with Gasteiger partial charge in [0.1, 0.15) is 10.6 Å². The molecule has 1 unspecified atom stereocenters. The largest absolute Gasteiger partial charge is 0.497 e. The molecule has 1 N–H and O–H groups in total. The Bertz CT molecular complexity index is 583. The van der Waals surface area contributed by atoms with E-state index in [0.717, 1.165) is 12.8 Å². The van der Waals surface area contributed by atoms with Gasteiger partial charge in [0.05, 0.1) is 7.11 Å². The van der Waals surface area contributed by atoms with Crippen LogP contribution in [0.15, 0.2) is 27.6 Å². The molecule has 1 aromatic rings. The molecule has 0 bridgehead atoms. The second-order valence-electron chi connectivity index (χ2n) is 4.77. The van der Waals surface area contributed by atoms with Crippen molar-refractivity contribution in [3.05, 3.63) is 22.7 Å². The molecule has 1 heterocycles. The van der Waals surface area contributed by atoms with Crippen molar-refractivity contribution < 1.29 is 13.2 Å². The number of halogens is 2. The number of ether oxygens (including phenoxy) is 1. The van der Waals surface area contributed by atoms with Crippen molar-refractivity contribution in [3.63, 3.8) is 0 Å². The third-order valence-electron chi connectivity index (χ3n) is 3.49. The average molecular weight is 400 g/mol. The Morgan fingerprint density at radius 2 is 2.19 bits per heavy atom. The quantitative estimate of drug-likeness (QED) is 0.825. The number of nitrogens with zero attached hydrogens (tertiary/aromatic N) is 1. The molecule has 8 heteroatoms. The van der Waals surface area contributed by atoms with E-state index in [0.29, 0.717) is 23.3 Å². The van der Waals surface area contributed by atoms with Gasteiger partial charge in [0.15, 0.2) is 0 Å². The van der Waals surface area contributed by atoms with Gasteiger partial charge in [-0.05, 0) is 48.0 Å². The van der Waals surface area contributed by atoms with Crippen molar-refractivity contribution in [3.8, 4) is 5.75 Å². The van der Waals surface area contributed by atoms with Gasteiger partial charge in [-0.25, -0.2) is 8.42 Å². The third kappa shape index (κ3) is 3.90. The standard InChI is InChI=1S/C13H19BrN2O3S.ClH/c1-15-9-10-4-3-7-16(10)20(17,18)13-8-11(19-2)5-6-12(13)14;/h5-6,8,10,15H,3-4,7,9H2,1-2H3;1H. The van der Waals surface area contributed by atoms with Crippen LogP contribution in [0.1, 0.15) is 12.8 Å². The Morgan fingerprint density at radius 1 is 1.48 bits per heavy atom. The lowest BCUT2D eigenvalue weighted by molar-refractivity contribution is 0.378. The van der Waals surface area contributed by atoms with Gasteiger partial charge in [-0.3, -0.25) is 0 Å². The summed E-state index contributed by atoms with van der Waals surface area (Å²) in [6.07, 6.45) is 1.79. The highest BCUT2D eigenvalue weighted by atomic mass is 79.9. The van der Waals surface area contributed by atoms with E-state index in [1.54, 1.807) is 22.5 Å². The zero-order chi connectivity index (χ0) is 14.8. The Balaban J connectivity index is 0.00000220. The fraction of sp³-hybridized carbons (Fsp3) is 0.538. The van der Waals surface area contributed by atoms with E-state index < -0.39 is 10.0 Å². The molecule has 1 atom stereocenters. The molecular weight excluding hydrogens is 380 g/mol. The van der Waals surface area contributed by atoms with Gasteiger partial charge in [0.2, 0.25) is 10.0 Å². The predicted molar refractivity (Wildman–Crippen MR) is 88.8 cm³/mol. The van der Waals surface area contributed by atoms with Gasteiger partial charge in [-0.1, -0.05) is 0 Å². The molecule has 21 heavy (non-hydrogen) atoms. The minimum Gasteiger partial charge on any atom is -0.497 e. The highest BCUT2D eigenvalue weighted by Crippen LogP contribution is 2.32. The maximum Gasteiger partial charge on any atom is 0.244 e. The van der Waals surface area contributed by atoms with E-state index in [-0.39, 0.29) is 23.3 Å². The van der Waals surface area contributed by atoms with Crippen LogP contribution in [0.25, 0.3) is 0 Å². The third-order valence-corrected chi connectivity index (χ3v) is 6.43. The van der Waals surface area contributed by atoms with E-state index in [9.17, 15) is 8.42 Å². The number of likely N-dealkylation sites (N-methyl/N-ethyl adjacent to an activating group) is 1. The summed E-state index contributed by atoms with van der Waals surface area (Å²) in [5.74, 6) is 0.538. The second-order valence-corrected chi connectivity index (χ2v) is 7.48. The second kappa shape index (κ2) is 7.78. The van der Waals surface area contributed by atoms with Gasteiger partial charge >= 0.3 is 0 Å². The molecule has 1 aliphatic heterocycles. The summed E-state index contributed by atoms with van der Waals surface area (Å²) >= 11 is 3.32. The number of hydrogen-bond donors (Lipinski definition) is 1. The lowest BCUT2D eigenvalue weighted by Gasteiger charge is -2.24. The van der Waals surface area contributed by atoms with Crippen LogP contribution in [-0.4, -0.2) is 46.0 Å². The zero-order valence-corrected chi connectivity index (χ0v) is 15.2. The van der Waals surface area contributed by atoms with E-state index >= 15 is 0 Å². The summed E-state index contributed by atoms with van der Waals surface area (Å²) in [5.41, 5.74) is 0. The van der Waals surface area contributed by atoms with Crippen molar-refractivity contribution in [1.29, 1.82) is 0 Å². The molecule has 1 saturated heterocycles. The summed E-state index contributed by atoms with van der Waals surface area (Å²) in [6.45, 7) is 1.24. The summed E-state index contributed by atoms with van der Waals surface area (Å²) in [6, 6.07) is 5.02. The average Bonchev–Trinajstić information content (AvgIpc) is 2.88. The normalized spacial score (nSPS) is 19.3. The molecule has 5 nitrogen and oxygen atoms in total. The summed E-state index contributed by atoms with van der Waals surface area (Å²) in [5, 5.41) is 3.06. The van der Waals surface area contributed by atoms with Crippen molar-refractivity contribution in [2.75, 3.05) is 27.2 Å². The van der Waals surface area contributed by atoms with Crippen LogP contribution in [0.5, 0.6) is 5.75 Å². The SMILES string of the molecule is CNCC1CCCN1S(=O)(=O)c1cc(OC)ccc1Br.Cl. The van der Waals surface area contributed by atoms with Crippen molar-refractivity contribution in [1.82, 2.24) is 9.62 Å². The molecule has 0 spiro atoms. The molecule has 0 aromatic heterocycles. The maximum absolute atomic E-state index is 12.8. The minimum absolute atomic E-state index is 0. The summed E-state index contributed by atoms with van der Waals surface area (Å²) < 4.78 is 32.9. The Labute approximate surface area is 140 Å². The maximum atomic E-state index is 12.8. The number of hydrogen-bond acceptors (Lipinski definition) is 4. The summed E-state index contributed by atoms with van der Waals surface area (Å²) in [7, 11) is -0.142. The number of benzene rings is 1. The molecule has 2 rings (SSSR count). The monoisotopic (exact) mass is 398 g/mol. The zero-order valence-electron chi connectivity index (χ0n) is 12.0. The first-order valence-electron chi connectivity index (χ1n) is 6.50. The smallest absolute Gasteiger partial charge is 0.244 e. The van der Waals surface area contributed by atoms with Gasteiger partial charge in [-0.2, -0.15) is 4.31 Å². The van der Waals surface area contributed by atoms with Gasteiger partial charge in [0, 0.05) is 29.7 Å². The topological polar surface area (TPSA) is 58.6 Å². The Hall–Kier alpha value is -0.340. The van der Waals surface area contributed by atoms with Gasteiger partial charge < -0.3 is 10.1 Å².